The van der Waals surface area contributed by atoms with Gasteiger partial charge < -0.3 is 24.4 Å². The van der Waals surface area contributed by atoms with Crippen LogP contribution in [-0.2, 0) is 4.74 Å². The number of ether oxygens (including phenoxy) is 3. The van der Waals surface area contributed by atoms with Gasteiger partial charge in [0.25, 0.3) is 0 Å². The molecule has 4 rings (SSSR count). The van der Waals surface area contributed by atoms with Crippen LogP contribution in [0.4, 0.5) is 4.79 Å². The first-order valence-corrected chi connectivity index (χ1v) is 8.83. The number of urea groups is 1. The van der Waals surface area contributed by atoms with E-state index in [0.29, 0.717) is 25.7 Å². The van der Waals surface area contributed by atoms with Crippen LogP contribution in [0.1, 0.15) is 30.9 Å². The lowest BCUT2D eigenvalue weighted by atomic mass is 10.0. The molecule has 0 bridgehead atoms. The molecule has 6 heteroatoms. The van der Waals surface area contributed by atoms with Crippen LogP contribution in [0.25, 0.3) is 0 Å². The van der Waals surface area contributed by atoms with Crippen molar-refractivity contribution in [2.24, 2.45) is 5.92 Å². The van der Waals surface area contributed by atoms with Crippen molar-refractivity contribution >= 4 is 6.03 Å². The molecule has 2 amide bonds. The topological polar surface area (TPSA) is 60.0 Å². The van der Waals surface area contributed by atoms with Crippen LogP contribution in [0.2, 0.25) is 0 Å². The van der Waals surface area contributed by atoms with E-state index >= 15 is 0 Å². The smallest absolute Gasteiger partial charge is 0.317 e. The molecular weight excluding hydrogens is 308 g/mol. The molecule has 3 heterocycles. The number of hydrogen-bond donors (Lipinski definition) is 1. The van der Waals surface area contributed by atoms with Gasteiger partial charge >= 0.3 is 6.03 Å². The maximum absolute atomic E-state index is 12.6. The van der Waals surface area contributed by atoms with Crippen LogP contribution in [0.5, 0.6) is 11.5 Å². The Balaban J connectivity index is 1.43. The number of carbonyl (C=O) groups excluding carboxylic acids is 1. The van der Waals surface area contributed by atoms with E-state index in [9.17, 15) is 4.79 Å². The molecule has 0 spiro atoms. The summed E-state index contributed by atoms with van der Waals surface area (Å²) in [5, 5.41) is 3.08. The van der Waals surface area contributed by atoms with Gasteiger partial charge in [0.15, 0.2) is 11.5 Å². The summed E-state index contributed by atoms with van der Waals surface area (Å²) in [5.41, 5.74) is 1.12. The highest BCUT2D eigenvalue weighted by Crippen LogP contribution is 2.38. The minimum absolute atomic E-state index is 0.0271. The van der Waals surface area contributed by atoms with E-state index in [1.165, 1.54) is 0 Å². The first kappa shape index (κ1) is 15.6. The summed E-state index contributed by atoms with van der Waals surface area (Å²) < 4.78 is 16.6. The Labute approximate surface area is 142 Å². The van der Waals surface area contributed by atoms with Crippen LogP contribution in [0.15, 0.2) is 18.2 Å². The number of likely N-dealkylation sites (tertiary alicyclic amines) is 1. The number of carbonyl (C=O) groups is 1. The minimum Gasteiger partial charge on any atom is -0.486 e. The van der Waals surface area contributed by atoms with Gasteiger partial charge in [-0.1, -0.05) is 6.07 Å². The van der Waals surface area contributed by atoms with Crippen molar-refractivity contribution in [1.82, 2.24) is 10.2 Å². The summed E-state index contributed by atoms with van der Waals surface area (Å²) in [6.07, 6.45) is 3.05. The molecule has 1 aromatic rings. The molecule has 6 nitrogen and oxygen atoms in total. The molecule has 0 aliphatic carbocycles. The molecule has 2 fully saturated rings. The third kappa shape index (κ3) is 3.15. The fraction of sp³-hybridized carbons (Fsp3) is 0.611. The lowest BCUT2D eigenvalue weighted by Gasteiger charge is -2.27. The van der Waals surface area contributed by atoms with Gasteiger partial charge in [0.05, 0.1) is 12.6 Å². The van der Waals surface area contributed by atoms with E-state index in [0.717, 1.165) is 56.1 Å². The van der Waals surface area contributed by atoms with Gasteiger partial charge in [-0.3, -0.25) is 0 Å². The molecule has 130 valence electrons. The minimum atomic E-state index is 0.0271. The zero-order chi connectivity index (χ0) is 16.4. The largest absolute Gasteiger partial charge is 0.486 e. The van der Waals surface area contributed by atoms with Crippen molar-refractivity contribution in [3.63, 3.8) is 0 Å². The van der Waals surface area contributed by atoms with Crippen LogP contribution >= 0.6 is 0 Å². The second-order valence-corrected chi connectivity index (χ2v) is 6.67. The van der Waals surface area contributed by atoms with Crippen LogP contribution < -0.4 is 14.8 Å². The number of amides is 2. The van der Waals surface area contributed by atoms with E-state index in [1.807, 2.05) is 17.0 Å². The zero-order valence-electron chi connectivity index (χ0n) is 13.8. The summed E-state index contributed by atoms with van der Waals surface area (Å²) >= 11 is 0. The maximum atomic E-state index is 12.6. The van der Waals surface area contributed by atoms with Gasteiger partial charge in [0, 0.05) is 25.6 Å². The summed E-state index contributed by atoms with van der Waals surface area (Å²) in [6, 6.07) is 6.16. The van der Waals surface area contributed by atoms with Crippen molar-refractivity contribution in [3.8, 4) is 11.5 Å². The Morgan fingerprint density at radius 2 is 2.04 bits per heavy atom. The number of rotatable bonds is 3. The molecule has 0 saturated carbocycles. The summed E-state index contributed by atoms with van der Waals surface area (Å²) in [6.45, 7) is 4.23. The molecule has 1 aromatic carbocycles. The van der Waals surface area contributed by atoms with Crippen molar-refractivity contribution in [2.75, 3.05) is 39.5 Å². The molecule has 0 aromatic heterocycles. The fourth-order valence-electron chi connectivity index (χ4n) is 3.70. The Bertz CT molecular complexity index is 601. The highest BCUT2D eigenvalue weighted by Gasteiger charge is 2.31. The molecular formula is C18H24N2O4. The third-order valence-electron chi connectivity index (χ3n) is 5.03. The summed E-state index contributed by atoms with van der Waals surface area (Å²) in [4.78, 5) is 14.5. The molecule has 0 unspecified atom stereocenters. The Hall–Kier alpha value is -1.95. The standard InChI is InChI=1S/C18H24N2O4/c21-18(19-11-13-5-7-22-12-13)20-6-1-2-15(20)14-3-4-16-17(10-14)24-9-8-23-16/h3-4,10,13,15H,1-2,5-9,11-12H2,(H,19,21)/t13-,15-/m1/s1. The Morgan fingerprint density at radius 3 is 2.88 bits per heavy atom. The molecule has 0 radical (unpaired) electrons. The second kappa shape index (κ2) is 6.89. The van der Waals surface area contributed by atoms with E-state index in [-0.39, 0.29) is 12.1 Å². The quantitative estimate of drug-likeness (QED) is 0.923. The van der Waals surface area contributed by atoms with E-state index in [4.69, 9.17) is 14.2 Å². The average molecular weight is 332 g/mol. The van der Waals surface area contributed by atoms with E-state index < -0.39 is 0 Å². The van der Waals surface area contributed by atoms with Gasteiger partial charge in [-0.25, -0.2) is 4.79 Å². The van der Waals surface area contributed by atoms with Gasteiger partial charge in [-0.05, 0) is 37.0 Å². The maximum Gasteiger partial charge on any atom is 0.317 e. The van der Waals surface area contributed by atoms with Gasteiger partial charge in [0.1, 0.15) is 13.2 Å². The monoisotopic (exact) mass is 332 g/mol. The Morgan fingerprint density at radius 1 is 1.17 bits per heavy atom. The van der Waals surface area contributed by atoms with Crippen molar-refractivity contribution in [2.45, 2.75) is 25.3 Å². The van der Waals surface area contributed by atoms with Crippen molar-refractivity contribution in [1.29, 1.82) is 0 Å². The van der Waals surface area contributed by atoms with Gasteiger partial charge in [-0.15, -0.1) is 0 Å². The zero-order valence-corrected chi connectivity index (χ0v) is 13.8. The normalized spacial score (nSPS) is 25.8. The fourth-order valence-corrected chi connectivity index (χ4v) is 3.70. The lowest BCUT2D eigenvalue weighted by molar-refractivity contribution is 0.170. The first-order chi connectivity index (χ1) is 11.8. The highest BCUT2D eigenvalue weighted by atomic mass is 16.6. The SMILES string of the molecule is O=C(NC[C@H]1CCOC1)N1CCC[C@@H]1c1ccc2c(c1)OCCO2. The van der Waals surface area contributed by atoms with Crippen LogP contribution in [0.3, 0.4) is 0 Å². The lowest BCUT2D eigenvalue weighted by Crippen LogP contribution is -2.41. The third-order valence-corrected chi connectivity index (χ3v) is 5.03. The van der Waals surface area contributed by atoms with Crippen molar-refractivity contribution < 1.29 is 19.0 Å². The Kier molecular flexibility index (Phi) is 4.47. The predicted octanol–water partition coefficient (Wildman–Crippen LogP) is 2.34. The number of hydrogen-bond acceptors (Lipinski definition) is 4. The van der Waals surface area contributed by atoms with Gasteiger partial charge in [0.2, 0.25) is 0 Å². The van der Waals surface area contributed by atoms with Crippen LogP contribution in [0, 0.1) is 5.92 Å². The average Bonchev–Trinajstić information content (AvgIpc) is 3.31. The molecule has 24 heavy (non-hydrogen) atoms. The second-order valence-electron chi connectivity index (χ2n) is 6.67. The molecule has 3 aliphatic heterocycles. The summed E-state index contributed by atoms with van der Waals surface area (Å²) in [5.74, 6) is 2.03. The van der Waals surface area contributed by atoms with Crippen molar-refractivity contribution in [3.05, 3.63) is 23.8 Å². The molecule has 1 N–H and O–H groups in total. The van der Waals surface area contributed by atoms with E-state index in [1.54, 1.807) is 0 Å². The number of nitrogens with zero attached hydrogens (tertiary/aromatic N) is 1. The highest BCUT2D eigenvalue weighted by molar-refractivity contribution is 5.75. The number of nitrogens with one attached hydrogen (secondary N) is 1. The van der Waals surface area contributed by atoms with E-state index in [2.05, 4.69) is 11.4 Å². The number of fused-ring (bicyclic) bond motifs is 1. The van der Waals surface area contributed by atoms with Crippen LogP contribution in [-0.4, -0.2) is 50.4 Å². The molecule has 3 aliphatic rings. The predicted molar refractivity (Wildman–Crippen MR) is 88.4 cm³/mol. The first-order valence-electron chi connectivity index (χ1n) is 8.83. The van der Waals surface area contributed by atoms with Gasteiger partial charge in [-0.2, -0.15) is 0 Å². The summed E-state index contributed by atoms with van der Waals surface area (Å²) in [7, 11) is 0. The molecule has 2 saturated heterocycles. The number of benzene rings is 1. The molecule has 2 atom stereocenters.